The molecule has 0 unspecified atom stereocenters. The van der Waals surface area contributed by atoms with Crippen LogP contribution in [0.5, 0.6) is 0 Å². The summed E-state index contributed by atoms with van der Waals surface area (Å²) in [7, 11) is 0. The summed E-state index contributed by atoms with van der Waals surface area (Å²) < 4.78 is 0. The van der Waals surface area contributed by atoms with Gasteiger partial charge in [0.15, 0.2) is 0 Å². The maximum atomic E-state index is 8.76. The Morgan fingerprint density at radius 2 is 1.94 bits per heavy atom. The van der Waals surface area contributed by atoms with E-state index in [-0.39, 0.29) is 0 Å². The van der Waals surface area contributed by atoms with E-state index in [2.05, 4.69) is 26.9 Å². The Morgan fingerprint density at radius 3 is 2.47 bits per heavy atom. The van der Waals surface area contributed by atoms with E-state index in [1.54, 1.807) is 0 Å². The van der Waals surface area contributed by atoms with E-state index in [4.69, 9.17) is 5.26 Å². The Bertz CT molecular complexity index is 274. The van der Waals surface area contributed by atoms with Crippen LogP contribution in [-0.4, -0.2) is 29.4 Å². The van der Waals surface area contributed by atoms with Crippen LogP contribution in [0.4, 0.5) is 0 Å². The zero-order valence-corrected chi connectivity index (χ0v) is 12.2. The van der Waals surface area contributed by atoms with Crippen LogP contribution in [0, 0.1) is 16.7 Å². The van der Waals surface area contributed by atoms with Gasteiger partial charge in [0.05, 0.1) is 6.07 Å². The molecule has 2 nitrogen and oxygen atoms in total. The number of hydrogen-bond acceptors (Lipinski definition) is 2. The van der Waals surface area contributed by atoms with E-state index in [1.165, 1.54) is 51.5 Å². The molecule has 0 atom stereocenters. The summed E-state index contributed by atoms with van der Waals surface area (Å²) in [6, 6.07) is 3.09. The second-order valence-electron chi connectivity index (χ2n) is 5.80. The highest BCUT2D eigenvalue weighted by Crippen LogP contribution is 2.40. The molecule has 0 aromatic rings. The summed E-state index contributed by atoms with van der Waals surface area (Å²) in [5, 5.41) is 9.89. The second-order valence-corrected chi connectivity index (χ2v) is 6.36. The molecular weight excluding hydrogens is 276 g/mol. The first-order valence-corrected chi connectivity index (χ1v) is 8.09. The smallest absolute Gasteiger partial charge is 0.0635 e. The van der Waals surface area contributed by atoms with Gasteiger partial charge in [0, 0.05) is 30.9 Å². The molecule has 0 aromatic carbocycles. The molecule has 2 saturated carbocycles. The first-order chi connectivity index (χ1) is 8.29. The minimum absolute atomic E-state index is 0.496. The standard InChI is InChI=1S/C14H23BrN2/c15-11-14(7-2-1-3-8-14)12-17(10-4-9-16)13-5-6-13/h13H,1-8,10-12H2. The largest absolute Gasteiger partial charge is 0.299 e. The van der Waals surface area contributed by atoms with Crippen molar-refractivity contribution in [2.24, 2.45) is 5.41 Å². The Kier molecular flexibility index (Phi) is 4.87. The highest BCUT2D eigenvalue weighted by Gasteiger charge is 2.37. The van der Waals surface area contributed by atoms with Crippen molar-refractivity contribution in [3.8, 4) is 6.07 Å². The van der Waals surface area contributed by atoms with Crippen LogP contribution in [0.25, 0.3) is 0 Å². The monoisotopic (exact) mass is 298 g/mol. The average molecular weight is 299 g/mol. The molecule has 0 aliphatic heterocycles. The van der Waals surface area contributed by atoms with E-state index in [0.717, 1.165) is 17.9 Å². The number of nitriles is 1. The molecule has 0 bridgehead atoms. The SMILES string of the molecule is N#CCCN(CC1(CBr)CCCCC1)C1CC1. The fraction of sp³-hybridized carbons (Fsp3) is 0.929. The zero-order valence-electron chi connectivity index (χ0n) is 10.6. The Hall–Kier alpha value is -0.0700. The number of hydrogen-bond donors (Lipinski definition) is 0. The molecule has 0 amide bonds. The van der Waals surface area contributed by atoms with Crippen LogP contribution >= 0.6 is 15.9 Å². The highest BCUT2D eigenvalue weighted by atomic mass is 79.9. The molecule has 17 heavy (non-hydrogen) atoms. The third-order valence-corrected chi connectivity index (χ3v) is 5.50. The lowest BCUT2D eigenvalue weighted by Gasteiger charge is -2.40. The summed E-state index contributed by atoms with van der Waals surface area (Å²) in [6.07, 6.45) is 10.3. The predicted molar refractivity (Wildman–Crippen MR) is 74.1 cm³/mol. The molecule has 2 fully saturated rings. The van der Waals surface area contributed by atoms with Crippen molar-refractivity contribution in [1.82, 2.24) is 4.90 Å². The van der Waals surface area contributed by atoms with Gasteiger partial charge in [-0.15, -0.1) is 0 Å². The van der Waals surface area contributed by atoms with Gasteiger partial charge in [-0.2, -0.15) is 5.26 Å². The Balaban J connectivity index is 1.92. The van der Waals surface area contributed by atoms with Crippen LogP contribution in [0.1, 0.15) is 51.4 Å². The first kappa shape index (κ1) is 13.4. The van der Waals surface area contributed by atoms with Crippen molar-refractivity contribution in [2.45, 2.75) is 57.4 Å². The summed E-state index contributed by atoms with van der Waals surface area (Å²) >= 11 is 3.74. The molecule has 2 aliphatic carbocycles. The molecule has 3 heteroatoms. The summed E-state index contributed by atoms with van der Waals surface area (Å²) in [5.74, 6) is 0. The fourth-order valence-corrected chi connectivity index (χ4v) is 3.83. The lowest BCUT2D eigenvalue weighted by molar-refractivity contribution is 0.122. The van der Waals surface area contributed by atoms with Gasteiger partial charge in [-0.1, -0.05) is 35.2 Å². The summed E-state index contributed by atoms with van der Waals surface area (Å²) in [6.45, 7) is 2.19. The van der Waals surface area contributed by atoms with Crippen LogP contribution in [-0.2, 0) is 0 Å². The molecular formula is C14H23BrN2. The number of rotatable bonds is 6. The molecule has 96 valence electrons. The lowest BCUT2D eigenvalue weighted by Crippen LogP contribution is -2.41. The number of nitrogens with zero attached hydrogens (tertiary/aromatic N) is 2. The van der Waals surface area contributed by atoms with E-state index in [1.807, 2.05) is 0 Å². The summed E-state index contributed by atoms with van der Waals surface area (Å²) in [4.78, 5) is 2.59. The van der Waals surface area contributed by atoms with Crippen molar-refractivity contribution < 1.29 is 0 Å². The Morgan fingerprint density at radius 1 is 1.24 bits per heavy atom. The van der Waals surface area contributed by atoms with Crippen molar-refractivity contribution in [3.63, 3.8) is 0 Å². The molecule has 0 heterocycles. The predicted octanol–water partition coefficient (Wildman–Crippen LogP) is 3.71. The molecule has 0 N–H and O–H groups in total. The van der Waals surface area contributed by atoms with E-state index in [0.29, 0.717) is 11.8 Å². The quantitative estimate of drug-likeness (QED) is 0.699. The van der Waals surface area contributed by atoms with Gasteiger partial charge in [-0.05, 0) is 31.1 Å². The van der Waals surface area contributed by atoms with Crippen molar-refractivity contribution in [3.05, 3.63) is 0 Å². The first-order valence-electron chi connectivity index (χ1n) is 6.97. The fourth-order valence-electron chi connectivity index (χ4n) is 3.09. The van der Waals surface area contributed by atoms with Crippen molar-refractivity contribution >= 4 is 15.9 Å². The third-order valence-electron chi connectivity index (χ3n) is 4.31. The number of halogens is 1. The zero-order chi connectivity index (χ0) is 12.1. The third kappa shape index (κ3) is 3.69. The van der Waals surface area contributed by atoms with Gasteiger partial charge in [0.2, 0.25) is 0 Å². The van der Waals surface area contributed by atoms with Crippen molar-refractivity contribution in [1.29, 1.82) is 5.26 Å². The van der Waals surface area contributed by atoms with E-state index >= 15 is 0 Å². The maximum Gasteiger partial charge on any atom is 0.0635 e. The minimum Gasteiger partial charge on any atom is -0.299 e. The maximum absolute atomic E-state index is 8.76. The molecule has 0 radical (unpaired) electrons. The van der Waals surface area contributed by atoms with Crippen molar-refractivity contribution in [2.75, 3.05) is 18.4 Å². The van der Waals surface area contributed by atoms with E-state index < -0.39 is 0 Å². The summed E-state index contributed by atoms with van der Waals surface area (Å²) in [5.41, 5.74) is 0.496. The normalized spacial score (nSPS) is 23.6. The molecule has 2 rings (SSSR count). The minimum atomic E-state index is 0.496. The van der Waals surface area contributed by atoms with Crippen LogP contribution in [0.15, 0.2) is 0 Å². The molecule has 0 spiro atoms. The second kappa shape index (κ2) is 6.20. The molecule has 0 aromatic heterocycles. The van der Waals surface area contributed by atoms with Gasteiger partial charge < -0.3 is 0 Å². The lowest BCUT2D eigenvalue weighted by atomic mass is 9.75. The van der Waals surface area contributed by atoms with Crippen LogP contribution in [0.2, 0.25) is 0 Å². The Labute approximate surface area is 113 Å². The van der Waals surface area contributed by atoms with Gasteiger partial charge in [0.1, 0.15) is 0 Å². The van der Waals surface area contributed by atoms with Gasteiger partial charge in [-0.3, -0.25) is 4.90 Å². The number of alkyl halides is 1. The molecule has 2 aliphatic rings. The van der Waals surface area contributed by atoms with Gasteiger partial charge >= 0.3 is 0 Å². The van der Waals surface area contributed by atoms with Gasteiger partial charge in [0.25, 0.3) is 0 Å². The van der Waals surface area contributed by atoms with Crippen LogP contribution in [0.3, 0.4) is 0 Å². The van der Waals surface area contributed by atoms with Crippen LogP contribution < -0.4 is 0 Å². The topological polar surface area (TPSA) is 27.0 Å². The van der Waals surface area contributed by atoms with E-state index in [9.17, 15) is 0 Å². The average Bonchev–Trinajstić information content (AvgIpc) is 3.20. The molecule has 0 saturated heterocycles. The van der Waals surface area contributed by atoms with Gasteiger partial charge in [-0.25, -0.2) is 0 Å². The highest BCUT2D eigenvalue weighted by molar-refractivity contribution is 9.09.